The van der Waals surface area contributed by atoms with E-state index in [1.54, 1.807) is 13.0 Å². The molecule has 0 aliphatic heterocycles. The fraction of sp³-hybridized carbons (Fsp3) is 0.357. The van der Waals surface area contributed by atoms with E-state index in [4.69, 9.17) is 5.11 Å². The van der Waals surface area contributed by atoms with Crippen molar-refractivity contribution in [3.63, 3.8) is 0 Å². The van der Waals surface area contributed by atoms with Crippen LogP contribution >= 0.6 is 15.9 Å². The number of hydrogen-bond donors (Lipinski definition) is 3. The van der Waals surface area contributed by atoms with Crippen LogP contribution in [0.1, 0.15) is 25.3 Å². The summed E-state index contributed by atoms with van der Waals surface area (Å²) in [7, 11) is 0. The van der Waals surface area contributed by atoms with Gasteiger partial charge in [0.05, 0.1) is 5.69 Å². The van der Waals surface area contributed by atoms with Crippen LogP contribution in [0.4, 0.5) is 10.5 Å². The van der Waals surface area contributed by atoms with Crippen LogP contribution in [0.15, 0.2) is 22.7 Å². The molecule has 0 saturated heterocycles. The highest BCUT2D eigenvalue weighted by Gasteiger charge is 2.15. The monoisotopic (exact) mass is 356 g/mol. The van der Waals surface area contributed by atoms with Crippen LogP contribution in [0.25, 0.3) is 0 Å². The van der Waals surface area contributed by atoms with Crippen LogP contribution in [-0.4, -0.2) is 23.0 Å². The second kappa shape index (κ2) is 7.78. The molecule has 1 aromatic carbocycles. The molecule has 0 radical (unpaired) electrons. The molecule has 0 heterocycles. The first-order valence-electron chi connectivity index (χ1n) is 6.36. The number of carboxylic acid groups (broad SMARTS) is 1. The molecule has 7 heteroatoms. The Morgan fingerprint density at radius 3 is 2.52 bits per heavy atom. The minimum atomic E-state index is -0.969. The molecule has 1 unspecified atom stereocenters. The predicted molar refractivity (Wildman–Crippen MR) is 82.1 cm³/mol. The van der Waals surface area contributed by atoms with Crippen molar-refractivity contribution in [3.8, 4) is 0 Å². The highest BCUT2D eigenvalue weighted by atomic mass is 79.9. The van der Waals surface area contributed by atoms with Crippen LogP contribution in [0.3, 0.4) is 0 Å². The van der Waals surface area contributed by atoms with Crippen molar-refractivity contribution >= 4 is 39.5 Å². The average molecular weight is 357 g/mol. The number of carbonyl (C=O) groups excluding carboxylic acids is 2. The molecule has 0 bridgehead atoms. The summed E-state index contributed by atoms with van der Waals surface area (Å²) in [6.45, 7) is 3.56. The van der Waals surface area contributed by atoms with E-state index < -0.39 is 17.9 Å². The zero-order valence-electron chi connectivity index (χ0n) is 11.8. The Morgan fingerprint density at radius 2 is 1.95 bits per heavy atom. The number of anilines is 1. The molecule has 1 aromatic rings. The van der Waals surface area contributed by atoms with Crippen LogP contribution < -0.4 is 10.6 Å². The topological polar surface area (TPSA) is 95.5 Å². The number of urea groups is 1. The second-order valence-corrected chi connectivity index (χ2v) is 5.75. The van der Waals surface area contributed by atoms with Crippen molar-refractivity contribution < 1.29 is 19.5 Å². The summed E-state index contributed by atoms with van der Waals surface area (Å²) in [6.07, 6.45) is -0.132. The number of halogens is 1. The molecule has 114 valence electrons. The number of amides is 3. The SMILES string of the molecule is Cc1ccc(NC(=O)NC(=O)CC(C)CC(=O)O)c(Br)c1. The Balaban J connectivity index is 2.49. The van der Waals surface area contributed by atoms with E-state index in [-0.39, 0.29) is 18.8 Å². The summed E-state index contributed by atoms with van der Waals surface area (Å²) in [6, 6.07) is 4.74. The van der Waals surface area contributed by atoms with Gasteiger partial charge < -0.3 is 10.4 Å². The largest absolute Gasteiger partial charge is 0.481 e. The van der Waals surface area contributed by atoms with Gasteiger partial charge in [-0.15, -0.1) is 0 Å². The molecular weight excluding hydrogens is 340 g/mol. The first-order valence-corrected chi connectivity index (χ1v) is 7.16. The molecule has 21 heavy (non-hydrogen) atoms. The lowest BCUT2D eigenvalue weighted by atomic mass is 10.0. The van der Waals surface area contributed by atoms with Gasteiger partial charge in [-0.1, -0.05) is 13.0 Å². The predicted octanol–water partition coefficient (Wildman–Crippen LogP) is 2.91. The Kier molecular flexibility index (Phi) is 6.36. The lowest BCUT2D eigenvalue weighted by molar-refractivity contribution is -0.138. The molecule has 0 aromatic heterocycles. The normalized spacial score (nSPS) is 11.6. The van der Waals surface area contributed by atoms with E-state index in [0.717, 1.165) is 5.56 Å². The summed E-state index contributed by atoms with van der Waals surface area (Å²) in [5.74, 6) is -1.81. The number of nitrogens with one attached hydrogen (secondary N) is 2. The minimum absolute atomic E-state index is 0.0191. The van der Waals surface area contributed by atoms with Crippen molar-refractivity contribution in [3.05, 3.63) is 28.2 Å². The molecule has 0 aliphatic carbocycles. The smallest absolute Gasteiger partial charge is 0.325 e. The maximum absolute atomic E-state index is 11.7. The minimum Gasteiger partial charge on any atom is -0.481 e. The highest BCUT2D eigenvalue weighted by Crippen LogP contribution is 2.23. The number of aryl methyl sites for hydroxylation is 1. The number of carbonyl (C=O) groups is 3. The van der Waals surface area contributed by atoms with Crippen molar-refractivity contribution in [2.45, 2.75) is 26.7 Å². The summed E-state index contributed by atoms with van der Waals surface area (Å²) < 4.78 is 0.712. The molecule has 1 atom stereocenters. The van der Waals surface area contributed by atoms with Gasteiger partial charge in [-0.3, -0.25) is 14.9 Å². The van der Waals surface area contributed by atoms with E-state index in [1.807, 2.05) is 19.1 Å². The number of imide groups is 1. The molecule has 0 aliphatic rings. The Labute approximate surface area is 131 Å². The van der Waals surface area contributed by atoms with Crippen LogP contribution in [-0.2, 0) is 9.59 Å². The van der Waals surface area contributed by atoms with Gasteiger partial charge in [0, 0.05) is 17.3 Å². The van der Waals surface area contributed by atoms with E-state index in [9.17, 15) is 14.4 Å². The van der Waals surface area contributed by atoms with Crippen molar-refractivity contribution in [2.24, 2.45) is 5.92 Å². The maximum Gasteiger partial charge on any atom is 0.325 e. The van der Waals surface area contributed by atoms with Gasteiger partial charge in [0.25, 0.3) is 0 Å². The highest BCUT2D eigenvalue weighted by molar-refractivity contribution is 9.10. The molecule has 3 N–H and O–H groups in total. The molecule has 0 fully saturated rings. The van der Waals surface area contributed by atoms with E-state index in [0.29, 0.717) is 10.2 Å². The van der Waals surface area contributed by atoms with Gasteiger partial charge in [-0.2, -0.15) is 0 Å². The molecule has 0 spiro atoms. The quantitative estimate of drug-likeness (QED) is 0.755. The van der Waals surface area contributed by atoms with E-state index in [2.05, 4.69) is 26.6 Å². The summed E-state index contributed by atoms with van der Waals surface area (Å²) in [5, 5.41) is 13.3. The van der Waals surface area contributed by atoms with Crippen molar-refractivity contribution in [2.75, 3.05) is 5.32 Å². The Morgan fingerprint density at radius 1 is 1.29 bits per heavy atom. The zero-order valence-corrected chi connectivity index (χ0v) is 13.4. The lowest BCUT2D eigenvalue weighted by Crippen LogP contribution is -2.35. The van der Waals surface area contributed by atoms with Gasteiger partial charge in [-0.05, 0) is 46.5 Å². The first kappa shape index (κ1) is 17.2. The average Bonchev–Trinajstić information content (AvgIpc) is 2.31. The third-order valence-electron chi connectivity index (χ3n) is 2.68. The van der Waals surface area contributed by atoms with Crippen LogP contribution in [0, 0.1) is 12.8 Å². The van der Waals surface area contributed by atoms with Crippen molar-refractivity contribution in [1.29, 1.82) is 0 Å². The summed E-state index contributed by atoms with van der Waals surface area (Å²) >= 11 is 3.32. The summed E-state index contributed by atoms with van der Waals surface area (Å²) in [5.41, 5.74) is 1.58. The molecule has 1 rings (SSSR count). The van der Waals surface area contributed by atoms with Gasteiger partial charge in [0.2, 0.25) is 5.91 Å². The van der Waals surface area contributed by atoms with Gasteiger partial charge in [0.15, 0.2) is 0 Å². The number of benzene rings is 1. The van der Waals surface area contributed by atoms with Gasteiger partial charge >= 0.3 is 12.0 Å². The fourth-order valence-corrected chi connectivity index (χ4v) is 2.33. The number of aliphatic carboxylic acids is 1. The Bertz CT molecular complexity index is 560. The third kappa shape index (κ3) is 6.40. The molecule has 0 saturated carbocycles. The first-order chi connectivity index (χ1) is 9.77. The number of carboxylic acids is 1. The fourth-order valence-electron chi connectivity index (χ4n) is 1.74. The molecule has 6 nitrogen and oxygen atoms in total. The van der Waals surface area contributed by atoms with Crippen molar-refractivity contribution in [1.82, 2.24) is 5.32 Å². The van der Waals surface area contributed by atoms with Gasteiger partial charge in [0.1, 0.15) is 0 Å². The molecule has 3 amide bonds. The van der Waals surface area contributed by atoms with Crippen LogP contribution in [0.2, 0.25) is 0 Å². The third-order valence-corrected chi connectivity index (χ3v) is 3.34. The van der Waals surface area contributed by atoms with E-state index >= 15 is 0 Å². The Hall–Kier alpha value is -1.89. The second-order valence-electron chi connectivity index (χ2n) is 4.89. The molecular formula is C14H17BrN2O4. The standard InChI is InChI=1S/C14H17BrN2O4/c1-8-3-4-11(10(15)5-8)16-14(21)17-12(18)6-9(2)7-13(19)20/h3-5,9H,6-7H2,1-2H3,(H,19,20)(H2,16,17,18,21). The van der Waals surface area contributed by atoms with Gasteiger partial charge in [-0.25, -0.2) is 4.79 Å². The summed E-state index contributed by atoms with van der Waals surface area (Å²) in [4.78, 5) is 33.8. The number of hydrogen-bond acceptors (Lipinski definition) is 3. The maximum atomic E-state index is 11.7. The zero-order chi connectivity index (χ0) is 16.0. The number of rotatable bonds is 5. The van der Waals surface area contributed by atoms with E-state index in [1.165, 1.54) is 0 Å². The van der Waals surface area contributed by atoms with Crippen LogP contribution in [0.5, 0.6) is 0 Å². The lowest BCUT2D eigenvalue weighted by Gasteiger charge is -2.11.